The monoisotopic (exact) mass is 204 g/mol. The molecule has 0 spiro atoms. The molecule has 1 fully saturated rings. The summed E-state index contributed by atoms with van der Waals surface area (Å²) in [6.45, 7) is 3.66. The van der Waals surface area contributed by atoms with Crippen LogP contribution in [0, 0.1) is 5.41 Å². The first kappa shape index (κ1) is 10.4. The highest BCUT2D eigenvalue weighted by Gasteiger charge is 2.56. The third-order valence-corrected chi connectivity index (χ3v) is 3.49. The highest BCUT2D eigenvalue weighted by atomic mass is 16.3. The van der Waals surface area contributed by atoms with Crippen LogP contribution in [-0.2, 0) is 0 Å². The predicted octanol–water partition coefficient (Wildman–Crippen LogP) is 2.42. The lowest BCUT2D eigenvalue weighted by atomic mass is 9.77. The minimum absolute atomic E-state index is 0.0306. The topological polar surface area (TPSA) is 37.3 Å². The third kappa shape index (κ3) is 1.59. The van der Waals surface area contributed by atoms with E-state index in [1.807, 2.05) is 32.0 Å². The summed E-state index contributed by atoms with van der Waals surface area (Å²) in [5.41, 5.74) is -0.767. The van der Waals surface area contributed by atoms with Crippen LogP contribution in [0.2, 0.25) is 0 Å². The van der Waals surface area contributed by atoms with Gasteiger partial charge >= 0.3 is 0 Å². The fourth-order valence-corrected chi connectivity index (χ4v) is 1.91. The Labute approximate surface area is 89.9 Å². The van der Waals surface area contributed by atoms with Gasteiger partial charge in [0.1, 0.15) is 0 Å². The van der Waals surface area contributed by atoms with Gasteiger partial charge in [-0.25, -0.2) is 0 Å². The third-order valence-electron chi connectivity index (χ3n) is 3.49. The van der Waals surface area contributed by atoms with E-state index in [-0.39, 0.29) is 5.78 Å². The van der Waals surface area contributed by atoms with Gasteiger partial charge < -0.3 is 5.11 Å². The molecule has 2 rings (SSSR count). The first-order chi connectivity index (χ1) is 6.97. The Morgan fingerprint density at radius 1 is 1.27 bits per heavy atom. The Balaban J connectivity index is 2.29. The van der Waals surface area contributed by atoms with Gasteiger partial charge in [-0.05, 0) is 26.7 Å². The lowest BCUT2D eigenvalue weighted by Gasteiger charge is -2.29. The molecule has 0 atom stereocenters. The van der Waals surface area contributed by atoms with Crippen molar-refractivity contribution in [2.45, 2.75) is 32.3 Å². The second-order valence-electron chi connectivity index (χ2n) is 4.85. The molecule has 2 nitrogen and oxygen atoms in total. The van der Waals surface area contributed by atoms with Crippen LogP contribution >= 0.6 is 0 Å². The van der Waals surface area contributed by atoms with Crippen molar-refractivity contribution in [2.75, 3.05) is 0 Å². The molecule has 1 N–H and O–H groups in total. The largest absolute Gasteiger partial charge is 0.389 e. The fourth-order valence-electron chi connectivity index (χ4n) is 1.91. The van der Waals surface area contributed by atoms with Crippen molar-refractivity contribution in [1.82, 2.24) is 0 Å². The van der Waals surface area contributed by atoms with E-state index in [1.165, 1.54) is 0 Å². The SMILES string of the molecule is CC(C)(C(=O)c1ccccc1)C1(O)CC1. The number of carbonyl (C=O) groups excluding carboxylic acids is 1. The quantitative estimate of drug-likeness (QED) is 0.768. The molecule has 1 aromatic carbocycles. The van der Waals surface area contributed by atoms with E-state index in [9.17, 15) is 9.90 Å². The molecule has 1 aliphatic carbocycles. The minimum Gasteiger partial charge on any atom is -0.389 e. The van der Waals surface area contributed by atoms with Gasteiger partial charge in [0.25, 0.3) is 0 Å². The number of rotatable bonds is 3. The summed E-state index contributed by atoms with van der Waals surface area (Å²) in [7, 11) is 0. The Bertz CT molecular complexity index is 375. The highest BCUT2D eigenvalue weighted by molar-refractivity contribution is 6.01. The zero-order valence-electron chi connectivity index (χ0n) is 9.16. The molecule has 0 amide bonds. The van der Waals surface area contributed by atoms with E-state index in [1.54, 1.807) is 12.1 Å². The molecule has 0 saturated heterocycles. The minimum atomic E-state index is -0.778. The average molecular weight is 204 g/mol. The summed E-state index contributed by atoms with van der Waals surface area (Å²) in [4.78, 5) is 12.2. The van der Waals surface area contributed by atoms with E-state index < -0.39 is 11.0 Å². The lowest BCUT2D eigenvalue weighted by molar-refractivity contribution is 0.0248. The molecule has 80 valence electrons. The molecule has 15 heavy (non-hydrogen) atoms. The number of hydrogen-bond donors (Lipinski definition) is 1. The van der Waals surface area contributed by atoms with Crippen LogP contribution in [0.25, 0.3) is 0 Å². The van der Waals surface area contributed by atoms with Crippen LogP contribution in [0.5, 0.6) is 0 Å². The standard InChI is InChI=1S/C13H16O2/c1-12(2,13(15)8-9-13)11(14)10-6-4-3-5-7-10/h3-7,15H,8-9H2,1-2H3. The van der Waals surface area contributed by atoms with Gasteiger partial charge in [0.2, 0.25) is 0 Å². The molecule has 0 unspecified atom stereocenters. The van der Waals surface area contributed by atoms with Crippen LogP contribution in [0.4, 0.5) is 0 Å². The molecule has 0 heterocycles. The van der Waals surface area contributed by atoms with Crippen LogP contribution in [-0.4, -0.2) is 16.5 Å². The lowest BCUT2D eigenvalue weighted by Crippen LogP contribution is -2.39. The van der Waals surface area contributed by atoms with E-state index in [2.05, 4.69) is 0 Å². The van der Waals surface area contributed by atoms with E-state index in [0.717, 1.165) is 12.8 Å². The summed E-state index contributed by atoms with van der Waals surface area (Å²) in [6.07, 6.45) is 1.47. The summed E-state index contributed by atoms with van der Waals surface area (Å²) in [5.74, 6) is 0.0306. The van der Waals surface area contributed by atoms with Crippen LogP contribution in [0.15, 0.2) is 30.3 Å². The molecule has 0 aromatic heterocycles. The highest BCUT2D eigenvalue weighted by Crippen LogP contribution is 2.51. The van der Waals surface area contributed by atoms with E-state index in [0.29, 0.717) is 5.56 Å². The predicted molar refractivity (Wildman–Crippen MR) is 58.7 cm³/mol. The first-order valence-corrected chi connectivity index (χ1v) is 5.30. The molecule has 1 saturated carbocycles. The first-order valence-electron chi connectivity index (χ1n) is 5.30. The number of ketones is 1. The Hall–Kier alpha value is -1.15. The average Bonchev–Trinajstić information content (AvgIpc) is 2.98. The van der Waals surface area contributed by atoms with Gasteiger partial charge in [0, 0.05) is 5.56 Å². The van der Waals surface area contributed by atoms with E-state index >= 15 is 0 Å². The normalized spacial score (nSPS) is 18.6. The van der Waals surface area contributed by atoms with Gasteiger partial charge in [-0.3, -0.25) is 4.79 Å². The molecular formula is C13H16O2. The smallest absolute Gasteiger partial charge is 0.171 e. The van der Waals surface area contributed by atoms with Crippen molar-refractivity contribution < 1.29 is 9.90 Å². The van der Waals surface area contributed by atoms with Gasteiger partial charge in [0.15, 0.2) is 5.78 Å². The second-order valence-corrected chi connectivity index (χ2v) is 4.85. The van der Waals surface area contributed by atoms with Crippen molar-refractivity contribution >= 4 is 5.78 Å². The Morgan fingerprint density at radius 3 is 2.27 bits per heavy atom. The van der Waals surface area contributed by atoms with Crippen molar-refractivity contribution in [3.05, 3.63) is 35.9 Å². The number of aliphatic hydroxyl groups is 1. The molecule has 1 aliphatic rings. The van der Waals surface area contributed by atoms with Crippen LogP contribution < -0.4 is 0 Å². The molecule has 0 radical (unpaired) electrons. The summed E-state index contributed by atoms with van der Waals surface area (Å²) < 4.78 is 0. The number of hydrogen-bond acceptors (Lipinski definition) is 2. The fraction of sp³-hybridized carbons (Fsp3) is 0.462. The van der Waals surface area contributed by atoms with Crippen molar-refractivity contribution in [3.8, 4) is 0 Å². The van der Waals surface area contributed by atoms with Crippen LogP contribution in [0.3, 0.4) is 0 Å². The maximum absolute atomic E-state index is 12.2. The summed E-state index contributed by atoms with van der Waals surface area (Å²) in [6, 6.07) is 9.18. The number of Topliss-reactive ketones (excluding diaryl/α,β-unsaturated/α-hetero) is 1. The Morgan fingerprint density at radius 2 is 1.80 bits per heavy atom. The molecule has 1 aromatic rings. The van der Waals surface area contributed by atoms with Gasteiger partial charge in [-0.1, -0.05) is 30.3 Å². The summed E-state index contributed by atoms with van der Waals surface area (Å²) in [5, 5.41) is 10.1. The second kappa shape index (κ2) is 3.17. The maximum atomic E-state index is 12.2. The zero-order valence-corrected chi connectivity index (χ0v) is 9.16. The van der Waals surface area contributed by atoms with Gasteiger partial charge in [-0.15, -0.1) is 0 Å². The molecular weight excluding hydrogens is 188 g/mol. The summed E-state index contributed by atoms with van der Waals surface area (Å²) >= 11 is 0. The van der Waals surface area contributed by atoms with Gasteiger partial charge in [0.05, 0.1) is 11.0 Å². The molecule has 2 heteroatoms. The molecule has 0 bridgehead atoms. The van der Waals surface area contributed by atoms with Crippen molar-refractivity contribution in [3.63, 3.8) is 0 Å². The van der Waals surface area contributed by atoms with Crippen molar-refractivity contribution in [2.24, 2.45) is 5.41 Å². The number of benzene rings is 1. The maximum Gasteiger partial charge on any atom is 0.171 e. The van der Waals surface area contributed by atoms with Crippen molar-refractivity contribution in [1.29, 1.82) is 0 Å². The zero-order chi connectivity index (χ0) is 11.1. The van der Waals surface area contributed by atoms with E-state index in [4.69, 9.17) is 0 Å². The Kier molecular flexibility index (Phi) is 2.19. The van der Waals surface area contributed by atoms with Gasteiger partial charge in [-0.2, -0.15) is 0 Å². The number of carbonyl (C=O) groups is 1. The molecule has 0 aliphatic heterocycles. The van der Waals surface area contributed by atoms with Crippen LogP contribution in [0.1, 0.15) is 37.0 Å².